The van der Waals surface area contributed by atoms with Crippen molar-refractivity contribution in [2.75, 3.05) is 40.0 Å². The van der Waals surface area contributed by atoms with Crippen LogP contribution in [-0.2, 0) is 27.2 Å². The van der Waals surface area contributed by atoms with E-state index in [1.807, 2.05) is 23.3 Å². The Kier molecular flexibility index (Phi) is 10.7. The molecule has 1 aliphatic rings. The van der Waals surface area contributed by atoms with E-state index < -0.39 is 5.91 Å². The van der Waals surface area contributed by atoms with E-state index in [-0.39, 0.29) is 18.6 Å². The summed E-state index contributed by atoms with van der Waals surface area (Å²) in [4.78, 5) is 33.8. The number of amides is 2. The van der Waals surface area contributed by atoms with Crippen LogP contribution in [0.25, 0.3) is 0 Å². The summed E-state index contributed by atoms with van der Waals surface area (Å²) >= 11 is 1.65. The lowest BCUT2D eigenvalue weighted by molar-refractivity contribution is -0.140. The highest BCUT2D eigenvalue weighted by Gasteiger charge is 2.30. The van der Waals surface area contributed by atoms with E-state index in [1.165, 1.54) is 0 Å². The quantitative estimate of drug-likeness (QED) is 0.423. The summed E-state index contributed by atoms with van der Waals surface area (Å²) in [6.07, 6.45) is 5.20. The molecule has 8 nitrogen and oxygen atoms in total. The Morgan fingerprint density at radius 1 is 1.29 bits per heavy atom. The van der Waals surface area contributed by atoms with Crippen molar-refractivity contribution in [1.29, 1.82) is 0 Å². The molecule has 0 spiro atoms. The SMILES string of the molecule is COCCOCC(=O)N(Cc1ccsc1)C1CCN([C@H](C)CCc2nccc(C)c2C(N)=O)CC1. The van der Waals surface area contributed by atoms with Gasteiger partial charge < -0.3 is 25.0 Å². The Morgan fingerprint density at radius 2 is 2.06 bits per heavy atom. The highest BCUT2D eigenvalue weighted by molar-refractivity contribution is 7.07. The van der Waals surface area contributed by atoms with Gasteiger partial charge in [-0.15, -0.1) is 0 Å². The van der Waals surface area contributed by atoms with Crippen LogP contribution in [0.3, 0.4) is 0 Å². The normalized spacial score (nSPS) is 15.7. The predicted molar refractivity (Wildman–Crippen MR) is 137 cm³/mol. The largest absolute Gasteiger partial charge is 0.382 e. The zero-order chi connectivity index (χ0) is 25.2. The lowest BCUT2D eigenvalue weighted by Gasteiger charge is -2.40. The van der Waals surface area contributed by atoms with Crippen LogP contribution in [0.1, 0.15) is 53.4 Å². The van der Waals surface area contributed by atoms with E-state index in [0.29, 0.717) is 37.8 Å². The van der Waals surface area contributed by atoms with Crippen LogP contribution in [0.5, 0.6) is 0 Å². The van der Waals surface area contributed by atoms with Crippen molar-refractivity contribution in [2.45, 2.75) is 58.2 Å². The molecule has 0 saturated carbocycles. The Balaban J connectivity index is 1.55. The van der Waals surface area contributed by atoms with Crippen molar-refractivity contribution in [3.8, 4) is 0 Å². The third kappa shape index (κ3) is 7.83. The van der Waals surface area contributed by atoms with Crippen LogP contribution in [0.15, 0.2) is 29.1 Å². The third-order valence-corrected chi connectivity index (χ3v) is 7.49. The van der Waals surface area contributed by atoms with Gasteiger partial charge in [0.05, 0.1) is 24.5 Å². The van der Waals surface area contributed by atoms with Gasteiger partial charge in [0, 0.05) is 45.0 Å². The van der Waals surface area contributed by atoms with Crippen LogP contribution in [0, 0.1) is 6.92 Å². The topological polar surface area (TPSA) is 98.0 Å². The number of rotatable bonds is 13. The second kappa shape index (κ2) is 13.7. The maximum Gasteiger partial charge on any atom is 0.250 e. The monoisotopic (exact) mass is 502 g/mol. The number of aryl methyl sites for hydroxylation is 2. The molecule has 1 fully saturated rings. The van der Waals surface area contributed by atoms with E-state index >= 15 is 0 Å². The van der Waals surface area contributed by atoms with Crippen LogP contribution >= 0.6 is 11.3 Å². The number of piperidine rings is 1. The first kappa shape index (κ1) is 27.3. The summed E-state index contributed by atoms with van der Waals surface area (Å²) in [6.45, 7) is 7.55. The molecule has 0 bridgehead atoms. The number of nitrogens with two attached hydrogens (primary N) is 1. The van der Waals surface area contributed by atoms with Gasteiger partial charge >= 0.3 is 0 Å². The van der Waals surface area contributed by atoms with Crippen LogP contribution < -0.4 is 5.73 Å². The van der Waals surface area contributed by atoms with Crippen molar-refractivity contribution in [1.82, 2.24) is 14.8 Å². The summed E-state index contributed by atoms with van der Waals surface area (Å²) in [5, 5.41) is 4.15. The first-order chi connectivity index (χ1) is 16.9. The van der Waals surface area contributed by atoms with Gasteiger partial charge in [-0.3, -0.25) is 14.6 Å². The molecule has 3 heterocycles. The number of likely N-dealkylation sites (tertiary alicyclic amines) is 1. The predicted octanol–water partition coefficient (Wildman–Crippen LogP) is 3.03. The minimum atomic E-state index is -0.416. The molecule has 0 aromatic carbocycles. The van der Waals surface area contributed by atoms with Gasteiger partial charge in [0.25, 0.3) is 5.91 Å². The zero-order valence-electron chi connectivity index (χ0n) is 21.1. The summed E-state index contributed by atoms with van der Waals surface area (Å²) in [7, 11) is 1.62. The van der Waals surface area contributed by atoms with Gasteiger partial charge in [0.15, 0.2) is 0 Å². The molecule has 0 unspecified atom stereocenters. The number of methoxy groups -OCH3 is 1. The van der Waals surface area contributed by atoms with E-state index in [2.05, 4.69) is 28.3 Å². The average molecular weight is 503 g/mol. The number of primary amides is 1. The first-order valence-corrected chi connectivity index (χ1v) is 13.2. The fourth-order valence-corrected chi connectivity index (χ4v) is 5.35. The molecular weight excluding hydrogens is 464 g/mol. The molecule has 2 aromatic heterocycles. The fourth-order valence-electron chi connectivity index (χ4n) is 4.69. The van der Waals surface area contributed by atoms with Crippen molar-refractivity contribution in [3.05, 3.63) is 51.5 Å². The van der Waals surface area contributed by atoms with Crippen molar-refractivity contribution >= 4 is 23.2 Å². The Hall–Kier alpha value is -2.33. The molecule has 2 N–H and O–H groups in total. The summed E-state index contributed by atoms with van der Waals surface area (Å²) < 4.78 is 10.5. The maximum atomic E-state index is 13.0. The van der Waals surface area contributed by atoms with Crippen molar-refractivity contribution < 1.29 is 19.1 Å². The molecule has 1 atom stereocenters. The van der Waals surface area contributed by atoms with E-state index in [1.54, 1.807) is 24.6 Å². The molecule has 2 aromatic rings. The number of aromatic nitrogens is 1. The standard InChI is InChI=1S/C26H38N4O4S/c1-19-6-10-28-23(25(19)26(27)32)5-4-20(2)29-11-7-22(8-12-29)30(16-21-9-15-35-18-21)24(31)17-34-14-13-33-3/h6,9-10,15,18,20,22H,4-5,7-8,11-14,16-17H2,1-3H3,(H2,27,32)/t20-/m1/s1. The van der Waals surface area contributed by atoms with Crippen LogP contribution in [-0.4, -0.2) is 78.7 Å². The maximum absolute atomic E-state index is 13.0. The minimum absolute atomic E-state index is 0.0308. The highest BCUT2D eigenvalue weighted by Crippen LogP contribution is 2.23. The van der Waals surface area contributed by atoms with Gasteiger partial charge in [0.2, 0.25) is 5.91 Å². The number of thiophene rings is 1. The number of nitrogens with zero attached hydrogens (tertiary/aromatic N) is 3. The number of carbonyl (C=O) groups is 2. The average Bonchev–Trinajstić information content (AvgIpc) is 3.37. The molecule has 9 heteroatoms. The van der Waals surface area contributed by atoms with Gasteiger partial charge in [-0.05, 0) is 73.6 Å². The number of pyridine rings is 1. The van der Waals surface area contributed by atoms with Crippen LogP contribution in [0.2, 0.25) is 0 Å². The molecule has 3 rings (SSSR count). The lowest BCUT2D eigenvalue weighted by atomic mass is 9.98. The second-order valence-corrected chi connectivity index (χ2v) is 9.95. The number of hydrogen-bond acceptors (Lipinski definition) is 7. The summed E-state index contributed by atoms with van der Waals surface area (Å²) in [5.74, 6) is -0.385. The molecule has 192 valence electrons. The molecule has 2 amide bonds. The second-order valence-electron chi connectivity index (χ2n) is 9.17. The molecular formula is C26H38N4O4S. The summed E-state index contributed by atoms with van der Waals surface area (Å²) in [6, 6.07) is 4.44. The molecule has 0 aliphatic carbocycles. The molecule has 1 aliphatic heterocycles. The number of carbonyl (C=O) groups excluding carboxylic acids is 2. The van der Waals surface area contributed by atoms with Crippen molar-refractivity contribution in [2.24, 2.45) is 5.73 Å². The molecule has 1 saturated heterocycles. The fraction of sp³-hybridized carbons (Fsp3) is 0.577. The Morgan fingerprint density at radius 3 is 2.71 bits per heavy atom. The van der Waals surface area contributed by atoms with Crippen molar-refractivity contribution in [3.63, 3.8) is 0 Å². The Labute approximate surface area is 212 Å². The van der Waals surface area contributed by atoms with Gasteiger partial charge in [-0.1, -0.05) is 0 Å². The zero-order valence-corrected chi connectivity index (χ0v) is 21.9. The molecule has 35 heavy (non-hydrogen) atoms. The first-order valence-electron chi connectivity index (χ1n) is 12.3. The highest BCUT2D eigenvalue weighted by atomic mass is 32.1. The number of ether oxygens (including phenoxy) is 2. The van der Waals surface area contributed by atoms with Gasteiger partial charge in [-0.25, -0.2) is 0 Å². The van der Waals surface area contributed by atoms with Crippen LogP contribution in [0.4, 0.5) is 0 Å². The molecule has 0 radical (unpaired) electrons. The van der Waals surface area contributed by atoms with Gasteiger partial charge in [0.1, 0.15) is 6.61 Å². The Bertz CT molecular complexity index is 945. The summed E-state index contributed by atoms with van der Waals surface area (Å²) in [5.41, 5.74) is 8.95. The van der Waals surface area contributed by atoms with E-state index in [0.717, 1.165) is 49.2 Å². The van der Waals surface area contributed by atoms with E-state index in [9.17, 15) is 9.59 Å². The smallest absolute Gasteiger partial charge is 0.250 e. The third-order valence-electron chi connectivity index (χ3n) is 6.76. The van der Waals surface area contributed by atoms with E-state index in [4.69, 9.17) is 15.2 Å². The minimum Gasteiger partial charge on any atom is -0.382 e. The number of hydrogen-bond donors (Lipinski definition) is 1. The lowest BCUT2D eigenvalue weighted by Crippen LogP contribution is -2.50. The van der Waals surface area contributed by atoms with Gasteiger partial charge in [-0.2, -0.15) is 11.3 Å².